The minimum absolute atomic E-state index is 0.108. The predicted molar refractivity (Wildman–Crippen MR) is 81.8 cm³/mol. The van der Waals surface area contributed by atoms with Gasteiger partial charge in [0.15, 0.2) is 0 Å². The Morgan fingerprint density at radius 2 is 2.10 bits per heavy atom. The Hall–Kier alpha value is -1.75. The van der Waals surface area contributed by atoms with E-state index in [9.17, 15) is 4.79 Å². The number of halogens is 1. The molecule has 20 heavy (non-hydrogen) atoms. The number of amides is 1. The van der Waals surface area contributed by atoms with Crippen LogP contribution in [-0.4, -0.2) is 21.0 Å². The van der Waals surface area contributed by atoms with Crippen LogP contribution in [0.15, 0.2) is 18.2 Å². The zero-order valence-corrected chi connectivity index (χ0v) is 12.8. The number of benzene rings is 1. The molecular formula is C14H19ClN4O. The van der Waals surface area contributed by atoms with Crippen LogP contribution < -0.4 is 11.1 Å². The Morgan fingerprint density at radius 3 is 2.70 bits per heavy atom. The van der Waals surface area contributed by atoms with E-state index in [0.717, 1.165) is 11.0 Å². The molecule has 6 heteroatoms. The summed E-state index contributed by atoms with van der Waals surface area (Å²) in [4.78, 5) is 16.5. The van der Waals surface area contributed by atoms with Crippen molar-refractivity contribution in [2.24, 2.45) is 0 Å². The molecule has 0 aliphatic carbocycles. The average Bonchev–Trinajstić information content (AvgIpc) is 2.61. The fourth-order valence-corrected chi connectivity index (χ4v) is 2.25. The maximum Gasteiger partial charge on any atom is 0.243 e. The third-order valence-electron chi connectivity index (χ3n) is 2.94. The highest BCUT2D eigenvalue weighted by Gasteiger charge is 2.23. The van der Waals surface area contributed by atoms with Gasteiger partial charge in [-0.15, -0.1) is 0 Å². The highest BCUT2D eigenvalue weighted by atomic mass is 35.5. The first-order valence-corrected chi connectivity index (χ1v) is 6.82. The number of hydrogen-bond donors (Lipinski definition) is 2. The molecular weight excluding hydrogens is 276 g/mol. The van der Waals surface area contributed by atoms with Crippen molar-refractivity contribution in [1.29, 1.82) is 0 Å². The standard InChI is InChI=1S/C14H19ClN4O/c1-8(12(20)18-14(2,3)4)19-11-7-9(15)5-6-10(11)17-13(19)16/h5-8H,1-4H3,(H2,16,17)(H,18,20). The van der Waals surface area contributed by atoms with Gasteiger partial charge in [0.05, 0.1) is 11.0 Å². The molecule has 1 heterocycles. The number of fused-ring (bicyclic) bond motifs is 1. The summed E-state index contributed by atoms with van der Waals surface area (Å²) in [7, 11) is 0. The van der Waals surface area contributed by atoms with Crippen LogP contribution in [0.2, 0.25) is 5.02 Å². The molecule has 0 fully saturated rings. The highest BCUT2D eigenvalue weighted by Crippen LogP contribution is 2.25. The molecule has 2 rings (SSSR count). The average molecular weight is 295 g/mol. The molecule has 0 aliphatic rings. The lowest BCUT2D eigenvalue weighted by Crippen LogP contribution is -2.43. The predicted octanol–water partition coefficient (Wildman–Crippen LogP) is 2.75. The van der Waals surface area contributed by atoms with E-state index in [1.54, 1.807) is 29.7 Å². The minimum Gasteiger partial charge on any atom is -0.369 e. The Kier molecular flexibility index (Phi) is 3.65. The van der Waals surface area contributed by atoms with Crippen LogP contribution in [0.5, 0.6) is 0 Å². The topological polar surface area (TPSA) is 72.9 Å². The van der Waals surface area contributed by atoms with Gasteiger partial charge in [-0.3, -0.25) is 9.36 Å². The van der Waals surface area contributed by atoms with Gasteiger partial charge < -0.3 is 11.1 Å². The number of rotatable bonds is 2. The van der Waals surface area contributed by atoms with Crippen molar-refractivity contribution in [3.63, 3.8) is 0 Å². The van der Waals surface area contributed by atoms with Crippen molar-refractivity contribution in [1.82, 2.24) is 14.9 Å². The van der Waals surface area contributed by atoms with E-state index in [2.05, 4.69) is 10.3 Å². The smallest absolute Gasteiger partial charge is 0.243 e. The van der Waals surface area contributed by atoms with E-state index in [1.807, 2.05) is 20.8 Å². The summed E-state index contributed by atoms with van der Waals surface area (Å²) in [6.45, 7) is 7.59. The molecule has 1 aromatic heterocycles. The molecule has 5 nitrogen and oxygen atoms in total. The number of carbonyl (C=O) groups excluding carboxylic acids is 1. The molecule has 2 aromatic rings. The number of nitrogens with zero attached hydrogens (tertiary/aromatic N) is 2. The molecule has 0 saturated carbocycles. The van der Waals surface area contributed by atoms with Gasteiger partial charge in [-0.05, 0) is 45.9 Å². The molecule has 1 unspecified atom stereocenters. The molecule has 0 spiro atoms. The minimum atomic E-state index is -0.460. The van der Waals surface area contributed by atoms with Gasteiger partial charge in [-0.1, -0.05) is 11.6 Å². The lowest BCUT2D eigenvalue weighted by molar-refractivity contribution is -0.125. The second kappa shape index (κ2) is 4.98. The van der Waals surface area contributed by atoms with Gasteiger partial charge in [0.2, 0.25) is 11.9 Å². The summed E-state index contributed by atoms with van der Waals surface area (Å²) in [5.41, 5.74) is 7.12. The monoisotopic (exact) mass is 294 g/mol. The van der Waals surface area contributed by atoms with Crippen molar-refractivity contribution in [2.45, 2.75) is 39.3 Å². The second-order valence-corrected chi connectivity index (χ2v) is 6.32. The number of hydrogen-bond acceptors (Lipinski definition) is 3. The van der Waals surface area contributed by atoms with Gasteiger partial charge in [0.1, 0.15) is 6.04 Å². The molecule has 1 aromatic carbocycles. The van der Waals surface area contributed by atoms with Gasteiger partial charge in [-0.2, -0.15) is 0 Å². The molecule has 0 aliphatic heterocycles. The van der Waals surface area contributed by atoms with E-state index in [0.29, 0.717) is 11.0 Å². The number of nitrogen functional groups attached to an aromatic ring is 1. The van der Waals surface area contributed by atoms with Crippen molar-refractivity contribution in [2.75, 3.05) is 5.73 Å². The summed E-state index contributed by atoms with van der Waals surface area (Å²) in [6, 6.07) is 4.85. The summed E-state index contributed by atoms with van der Waals surface area (Å²) in [6.07, 6.45) is 0. The van der Waals surface area contributed by atoms with Crippen LogP contribution in [0.4, 0.5) is 5.95 Å². The molecule has 0 bridgehead atoms. The van der Waals surface area contributed by atoms with Crippen LogP contribution in [-0.2, 0) is 4.79 Å². The van der Waals surface area contributed by atoms with Crippen molar-refractivity contribution < 1.29 is 4.79 Å². The van der Waals surface area contributed by atoms with Crippen LogP contribution in [0.3, 0.4) is 0 Å². The van der Waals surface area contributed by atoms with Crippen LogP contribution in [0, 0.1) is 0 Å². The maximum absolute atomic E-state index is 12.3. The second-order valence-electron chi connectivity index (χ2n) is 5.89. The molecule has 1 amide bonds. The van der Waals surface area contributed by atoms with Gasteiger partial charge in [0.25, 0.3) is 0 Å². The third-order valence-corrected chi connectivity index (χ3v) is 3.18. The number of imidazole rings is 1. The first kappa shape index (κ1) is 14.7. The van der Waals surface area contributed by atoms with Crippen molar-refractivity contribution >= 4 is 34.5 Å². The number of nitrogens with two attached hydrogens (primary N) is 1. The SMILES string of the molecule is CC(C(=O)NC(C)(C)C)n1c(N)nc2ccc(Cl)cc21. The van der Waals surface area contributed by atoms with Crippen molar-refractivity contribution in [3.05, 3.63) is 23.2 Å². The molecule has 0 radical (unpaired) electrons. The van der Waals surface area contributed by atoms with Gasteiger partial charge in [-0.25, -0.2) is 4.98 Å². The molecule has 1 atom stereocenters. The number of carbonyl (C=O) groups is 1. The fourth-order valence-electron chi connectivity index (χ4n) is 2.08. The van der Waals surface area contributed by atoms with Gasteiger partial charge >= 0.3 is 0 Å². The summed E-state index contributed by atoms with van der Waals surface area (Å²) in [5, 5.41) is 3.52. The summed E-state index contributed by atoms with van der Waals surface area (Å²) >= 11 is 6.01. The third kappa shape index (κ3) is 2.88. The Morgan fingerprint density at radius 1 is 1.45 bits per heavy atom. The zero-order chi connectivity index (χ0) is 15.1. The van der Waals surface area contributed by atoms with Crippen LogP contribution >= 0.6 is 11.6 Å². The van der Waals surface area contributed by atoms with Crippen LogP contribution in [0.25, 0.3) is 11.0 Å². The lowest BCUT2D eigenvalue weighted by Gasteiger charge is -2.24. The van der Waals surface area contributed by atoms with E-state index in [1.165, 1.54) is 0 Å². The zero-order valence-electron chi connectivity index (χ0n) is 12.1. The summed E-state index contributed by atoms with van der Waals surface area (Å²) in [5.74, 6) is 0.197. The maximum atomic E-state index is 12.3. The normalized spacial score (nSPS) is 13.4. The largest absolute Gasteiger partial charge is 0.369 e. The van der Waals surface area contributed by atoms with Crippen molar-refractivity contribution in [3.8, 4) is 0 Å². The molecule has 0 saturated heterocycles. The van der Waals surface area contributed by atoms with Crippen LogP contribution in [0.1, 0.15) is 33.7 Å². The Labute approximate surface area is 123 Å². The quantitative estimate of drug-likeness (QED) is 0.894. The number of nitrogens with one attached hydrogen (secondary N) is 1. The highest BCUT2D eigenvalue weighted by molar-refractivity contribution is 6.31. The molecule has 108 valence electrons. The van der Waals surface area contributed by atoms with E-state index < -0.39 is 6.04 Å². The van der Waals surface area contributed by atoms with E-state index in [4.69, 9.17) is 17.3 Å². The van der Waals surface area contributed by atoms with Gasteiger partial charge in [0, 0.05) is 10.6 Å². The summed E-state index contributed by atoms with van der Waals surface area (Å²) < 4.78 is 1.70. The Balaban J connectivity index is 2.44. The van der Waals surface area contributed by atoms with E-state index in [-0.39, 0.29) is 11.4 Å². The van der Waals surface area contributed by atoms with E-state index >= 15 is 0 Å². The first-order chi connectivity index (χ1) is 9.19. The number of anilines is 1. The first-order valence-electron chi connectivity index (χ1n) is 6.44. The lowest BCUT2D eigenvalue weighted by atomic mass is 10.1. The number of aromatic nitrogens is 2. The molecule has 3 N–H and O–H groups in total. The fraction of sp³-hybridized carbons (Fsp3) is 0.429. The Bertz CT molecular complexity index is 657.